The number of hydrogen-bond donors (Lipinski definition) is 1. The molecule has 2 nitrogen and oxygen atoms in total. The molecule has 0 spiro atoms. The predicted octanol–water partition coefficient (Wildman–Crippen LogP) is 3.61. The Hall–Kier alpha value is -0.0800. The van der Waals surface area contributed by atoms with E-state index >= 15 is 0 Å². The van der Waals surface area contributed by atoms with E-state index in [0.717, 1.165) is 31.3 Å². The van der Waals surface area contributed by atoms with Crippen LogP contribution in [-0.4, -0.2) is 25.3 Å². The van der Waals surface area contributed by atoms with E-state index in [1.165, 1.54) is 25.7 Å². The Balaban J connectivity index is 2.28. The molecule has 0 heterocycles. The van der Waals surface area contributed by atoms with E-state index in [-0.39, 0.29) is 0 Å². The minimum absolute atomic E-state index is 0.407. The predicted molar refractivity (Wildman–Crippen MR) is 74.3 cm³/mol. The van der Waals surface area contributed by atoms with Crippen LogP contribution in [0.15, 0.2) is 0 Å². The number of rotatable bonds is 7. The first-order chi connectivity index (χ1) is 8.15. The Bertz CT molecular complexity index is 185. The maximum Gasteiger partial charge on any atom is 0.0700 e. The Kier molecular flexibility index (Phi) is 7.14. The van der Waals surface area contributed by atoms with Crippen molar-refractivity contribution in [3.05, 3.63) is 0 Å². The molecule has 3 atom stereocenters. The van der Waals surface area contributed by atoms with Gasteiger partial charge in [-0.25, -0.2) is 0 Å². The van der Waals surface area contributed by atoms with E-state index in [1.54, 1.807) is 0 Å². The summed E-state index contributed by atoms with van der Waals surface area (Å²) in [6.45, 7) is 11.3. The highest BCUT2D eigenvalue weighted by atomic mass is 16.5. The summed E-state index contributed by atoms with van der Waals surface area (Å²) in [6.07, 6.45) is 7.13. The van der Waals surface area contributed by atoms with Gasteiger partial charge in [0.25, 0.3) is 0 Å². The van der Waals surface area contributed by atoms with Crippen molar-refractivity contribution in [3.8, 4) is 0 Å². The van der Waals surface area contributed by atoms with Crippen molar-refractivity contribution in [2.24, 2.45) is 11.8 Å². The third-order valence-corrected chi connectivity index (χ3v) is 3.77. The topological polar surface area (TPSA) is 21.3 Å². The second-order valence-electron chi connectivity index (χ2n) is 5.91. The van der Waals surface area contributed by atoms with Gasteiger partial charge in [-0.2, -0.15) is 0 Å². The van der Waals surface area contributed by atoms with Crippen molar-refractivity contribution in [3.63, 3.8) is 0 Å². The van der Waals surface area contributed by atoms with Crippen LogP contribution >= 0.6 is 0 Å². The average Bonchev–Trinajstić information content (AvgIpc) is 2.26. The van der Waals surface area contributed by atoms with Crippen LogP contribution < -0.4 is 5.32 Å². The summed E-state index contributed by atoms with van der Waals surface area (Å²) in [4.78, 5) is 0. The molecule has 0 amide bonds. The SMILES string of the molecule is CCCNCC(CC)OC1CC(C)CC(C)C1. The van der Waals surface area contributed by atoms with Crippen LogP contribution in [0.2, 0.25) is 0 Å². The molecule has 102 valence electrons. The van der Waals surface area contributed by atoms with Crippen molar-refractivity contribution in [1.82, 2.24) is 5.32 Å². The fraction of sp³-hybridized carbons (Fsp3) is 1.00. The normalized spacial score (nSPS) is 31.4. The highest BCUT2D eigenvalue weighted by Gasteiger charge is 2.26. The third-order valence-electron chi connectivity index (χ3n) is 3.77. The second kappa shape index (κ2) is 8.10. The van der Waals surface area contributed by atoms with Crippen LogP contribution in [0.3, 0.4) is 0 Å². The lowest BCUT2D eigenvalue weighted by Gasteiger charge is -2.34. The summed E-state index contributed by atoms with van der Waals surface area (Å²) in [6, 6.07) is 0. The molecular weight excluding hydrogens is 210 g/mol. The Morgan fingerprint density at radius 2 is 1.76 bits per heavy atom. The fourth-order valence-electron chi connectivity index (χ4n) is 2.98. The van der Waals surface area contributed by atoms with Crippen LogP contribution in [0.5, 0.6) is 0 Å². The molecule has 0 aliphatic heterocycles. The van der Waals surface area contributed by atoms with E-state index in [9.17, 15) is 0 Å². The number of ether oxygens (including phenoxy) is 1. The number of nitrogens with one attached hydrogen (secondary N) is 1. The molecule has 0 aromatic carbocycles. The Labute approximate surface area is 108 Å². The molecule has 0 aromatic heterocycles. The van der Waals surface area contributed by atoms with E-state index in [1.807, 2.05) is 0 Å². The zero-order valence-corrected chi connectivity index (χ0v) is 12.2. The van der Waals surface area contributed by atoms with Crippen molar-refractivity contribution in [2.75, 3.05) is 13.1 Å². The monoisotopic (exact) mass is 241 g/mol. The minimum atomic E-state index is 0.407. The van der Waals surface area contributed by atoms with Gasteiger partial charge in [-0.05, 0) is 50.5 Å². The van der Waals surface area contributed by atoms with Gasteiger partial charge in [-0.1, -0.05) is 27.7 Å². The molecule has 1 aliphatic rings. The lowest BCUT2D eigenvalue weighted by Crippen LogP contribution is -2.35. The van der Waals surface area contributed by atoms with E-state index in [2.05, 4.69) is 33.0 Å². The van der Waals surface area contributed by atoms with Crippen LogP contribution in [-0.2, 0) is 4.74 Å². The number of hydrogen-bond acceptors (Lipinski definition) is 2. The summed E-state index contributed by atoms with van der Waals surface area (Å²) in [7, 11) is 0. The van der Waals surface area contributed by atoms with Gasteiger partial charge in [0.05, 0.1) is 12.2 Å². The van der Waals surface area contributed by atoms with Gasteiger partial charge in [-0.3, -0.25) is 0 Å². The summed E-state index contributed by atoms with van der Waals surface area (Å²) in [5.74, 6) is 1.68. The van der Waals surface area contributed by atoms with Crippen LogP contribution in [0, 0.1) is 11.8 Å². The summed E-state index contributed by atoms with van der Waals surface area (Å²) < 4.78 is 6.27. The Morgan fingerprint density at radius 1 is 1.12 bits per heavy atom. The van der Waals surface area contributed by atoms with E-state index in [4.69, 9.17) is 4.74 Å². The average molecular weight is 241 g/mol. The molecule has 3 unspecified atom stereocenters. The van der Waals surface area contributed by atoms with Gasteiger partial charge < -0.3 is 10.1 Å². The molecule has 2 heteroatoms. The zero-order chi connectivity index (χ0) is 12.7. The molecule has 0 bridgehead atoms. The molecule has 1 aliphatic carbocycles. The Morgan fingerprint density at radius 3 is 2.29 bits per heavy atom. The van der Waals surface area contributed by atoms with Crippen molar-refractivity contribution in [1.29, 1.82) is 0 Å². The van der Waals surface area contributed by atoms with E-state index in [0.29, 0.717) is 12.2 Å². The molecule has 1 saturated carbocycles. The first-order valence-electron chi connectivity index (χ1n) is 7.51. The largest absolute Gasteiger partial charge is 0.374 e. The minimum Gasteiger partial charge on any atom is -0.374 e. The first kappa shape index (κ1) is 15.0. The van der Waals surface area contributed by atoms with E-state index < -0.39 is 0 Å². The lowest BCUT2D eigenvalue weighted by atomic mass is 9.81. The van der Waals surface area contributed by atoms with Crippen molar-refractivity contribution < 1.29 is 4.74 Å². The molecule has 1 N–H and O–H groups in total. The quantitative estimate of drug-likeness (QED) is 0.688. The fourth-order valence-corrected chi connectivity index (χ4v) is 2.98. The van der Waals surface area contributed by atoms with Crippen molar-refractivity contribution in [2.45, 2.75) is 72.0 Å². The highest BCUT2D eigenvalue weighted by molar-refractivity contribution is 4.76. The molecule has 17 heavy (non-hydrogen) atoms. The van der Waals surface area contributed by atoms with Gasteiger partial charge in [0.15, 0.2) is 0 Å². The van der Waals surface area contributed by atoms with Gasteiger partial charge in [-0.15, -0.1) is 0 Å². The van der Waals surface area contributed by atoms with Crippen LogP contribution in [0.4, 0.5) is 0 Å². The van der Waals surface area contributed by atoms with Gasteiger partial charge in [0.2, 0.25) is 0 Å². The van der Waals surface area contributed by atoms with Gasteiger partial charge in [0, 0.05) is 6.54 Å². The highest BCUT2D eigenvalue weighted by Crippen LogP contribution is 2.31. The smallest absolute Gasteiger partial charge is 0.0700 e. The summed E-state index contributed by atoms with van der Waals surface area (Å²) in [5.41, 5.74) is 0. The van der Waals surface area contributed by atoms with Crippen molar-refractivity contribution >= 4 is 0 Å². The molecule has 0 aromatic rings. The maximum absolute atomic E-state index is 6.27. The standard InChI is InChI=1S/C15H31NO/c1-5-7-16-11-14(6-2)17-15-9-12(3)8-13(4)10-15/h12-16H,5-11H2,1-4H3. The maximum atomic E-state index is 6.27. The summed E-state index contributed by atoms with van der Waals surface area (Å²) >= 11 is 0. The van der Waals surface area contributed by atoms with Crippen LogP contribution in [0.25, 0.3) is 0 Å². The second-order valence-corrected chi connectivity index (χ2v) is 5.91. The lowest BCUT2D eigenvalue weighted by molar-refractivity contribution is -0.0489. The van der Waals surface area contributed by atoms with Gasteiger partial charge in [0.1, 0.15) is 0 Å². The molecule has 0 saturated heterocycles. The first-order valence-corrected chi connectivity index (χ1v) is 7.51. The molecule has 1 fully saturated rings. The van der Waals surface area contributed by atoms with Gasteiger partial charge >= 0.3 is 0 Å². The molecule has 0 radical (unpaired) electrons. The van der Waals surface area contributed by atoms with Crippen LogP contribution in [0.1, 0.15) is 59.8 Å². The molecular formula is C15H31NO. The zero-order valence-electron chi connectivity index (χ0n) is 12.2. The molecule has 1 rings (SSSR count). The third kappa shape index (κ3) is 5.87. The summed E-state index contributed by atoms with van der Waals surface area (Å²) in [5, 5.41) is 3.47.